The Kier molecular flexibility index (Phi) is 3.10. The Morgan fingerprint density at radius 1 is 1.64 bits per heavy atom. The number of nitrogens with zero attached hydrogens (tertiary/aromatic N) is 1. The lowest BCUT2D eigenvalue weighted by molar-refractivity contribution is -0.124. The van der Waals surface area contributed by atoms with Crippen LogP contribution in [-0.4, -0.2) is 21.9 Å². The number of nitrogens with one attached hydrogen (secondary N) is 1. The smallest absolute Gasteiger partial charge is 0.237 e. The molecule has 0 aromatic heterocycles. The highest BCUT2D eigenvalue weighted by atomic mass is 32.2. The number of carbonyl (C=O) groups is 1. The van der Waals surface area contributed by atoms with E-state index in [0.29, 0.717) is 0 Å². The fourth-order valence-electron chi connectivity index (χ4n) is 1.40. The van der Waals surface area contributed by atoms with Gasteiger partial charge in [0.2, 0.25) is 5.91 Å². The summed E-state index contributed by atoms with van der Waals surface area (Å²) in [5, 5.41) is 11.6. The standard InChI is InChI=1S/C10H16N2OS/c1-9(2,7-11)12-8(13)10(3)5-4-6-14-10/h4-6H2,1-3H3,(H,12,13). The van der Waals surface area contributed by atoms with E-state index in [9.17, 15) is 4.79 Å². The quantitative estimate of drug-likeness (QED) is 0.758. The predicted molar refractivity (Wildman–Crippen MR) is 57.9 cm³/mol. The van der Waals surface area contributed by atoms with Crippen LogP contribution in [0.1, 0.15) is 33.6 Å². The summed E-state index contributed by atoms with van der Waals surface area (Å²) in [5.41, 5.74) is -0.761. The highest BCUT2D eigenvalue weighted by Gasteiger charge is 2.39. The molecular weight excluding hydrogens is 196 g/mol. The highest BCUT2D eigenvalue weighted by molar-refractivity contribution is 8.01. The zero-order chi connectivity index (χ0) is 10.8. The van der Waals surface area contributed by atoms with Gasteiger partial charge in [-0.25, -0.2) is 0 Å². The zero-order valence-corrected chi connectivity index (χ0v) is 9.70. The van der Waals surface area contributed by atoms with Gasteiger partial charge in [0.05, 0.1) is 10.8 Å². The van der Waals surface area contributed by atoms with E-state index in [4.69, 9.17) is 5.26 Å². The Balaban J connectivity index is 2.63. The van der Waals surface area contributed by atoms with Gasteiger partial charge in [0, 0.05) is 0 Å². The van der Waals surface area contributed by atoms with E-state index in [1.807, 2.05) is 6.92 Å². The molecule has 0 radical (unpaired) electrons. The SMILES string of the molecule is CC(C)(C#N)NC(=O)C1(C)CCCS1. The zero-order valence-electron chi connectivity index (χ0n) is 8.89. The highest BCUT2D eigenvalue weighted by Crippen LogP contribution is 2.38. The van der Waals surface area contributed by atoms with E-state index in [-0.39, 0.29) is 10.7 Å². The molecule has 1 N–H and O–H groups in total. The molecule has 0 aromatic carbocycles. The Labute approximate surface area is 89.2 Å². The molecule has 1 aliphatic rings. The van der Waals surface area contributed by atoms with Crippen LogP contribution in [0.3, 0.4) is 0 Å². The summed E-state index contributed by atoms with van der Waals surface area (Å²) in [7, 11) is 0. The summed E-state index contributed by atoms with van der Waals surface area (Å²) in [5.74, 6) is 1.03. The second-order valence-corrected chi connectivity index (χ2v) is 5.97. The molecule has 1 fully saturated rings. The Bertz CT molecular complexity index is 274. The third-order valence-corrected chi connectivity index (χ3v) is 3.92. The van der Waals surface area contributed by atoms with Crippen molar-refractivity contribution in [3.05, 3.63) is 0 Å². The molecule has 78 valence electrons. The normalized spacial score (nSPS) is 27.0. The Morgan fingerprint density at radius 3 is 2.71 bits per heavy atom. The van der Waals surface area contributed by atoms with Gasteiger partial charge in [-0.3, -0.25) is 4.79 Å². The molecule has 1 rings (SSSR count). The van der Waals surface area contributed by atoms with Gasteiger partial charge >= 0.3 is 0 Å². The predicted octanol–water partition coefficient (Wildman–Crippen LogP) is 1.69. The van der Waals surface area contributed by atoms with Crippen LogP contribution in [-0.2, 0) is 4.79 Å². The van der Waals surface area contributed by atoms with Gasteiger partial charge in [-0.2, -0.15) is 5.26 Å². The van der Waals surface area contributed by atoms with E-state index in [2.05, 4.69) is 11.4 Å². The van der Waals surface area contributed by atoms with Crippen molar-refractivity contribution in [2.45, 2.75) is 43.9 Å². The molecule has 0 aromatic rings. The van der Waals surface area contributed by atoms with Gasteiger partial charge in [0.15, 0.2) is 0 Å². The van der Waals surface area contributed by atoms with Crippen LogP contribution in [0.2, 0.25) is 0 Å². The number of nitriles is 1. The largest absolute Gasteiger partial charge is 0.337 e. The molecular formula is C10H16N2OS. The Hall–Kier alpha value is -0.690. The second-order valence-electron chi connectivity index (χ2n) is 4.37. The molecule has 3 nitrogen and oxygen atoms in total. The van der Waals surface area contributed by atoms with Crippen molar-refractivity contribution in [3.8, 4) is 6.07 Å². The molecule has 1 heterocycles. The van der Waals surface area contributed by atoms with Crippen LogP contribution >= 0.6 is 11.8 Å². The van der Waals surface area contributed by atoms with Crippen molar-refractivity contribution < 1.29 is 4.79 Å². The average Bonchev–Trinajstić information content (AvgIpc) is 2.53. The van der Waals surface area contributed by atoms with Crippen LogP contribution in [0, 0.1) is 11.3 Å². The van der Waals surface area contributed by atoms with Crippen molar-refractivity contribution in [1.82, 2.24) is 5.32 Å². The number of amides is 1. The minimum atomic E-state index is -0.761. The maximum absolute atomic E-state index is 11.9. The lowest BCUT2D eigenvalue weighted by Crippen LogP contribution is -2.50. The molecule has 4 heteroatoms. The first-order chi connectivity index (χ1) is 6.40. The van der Waals surface area contributed by atoms with Crippen molar-refractivity contribution in [2.75, 3.05) is 5.75 Å². The third-order valence-electron chi connectivity index (χ3n) is 2.40. The fourth-order valence-corrected chi connectivity index (χ4v) is 2.61. The lowest BCUT2D eigenvalue weighted by Gasteiger charge is -2.26. The summed E-state index contributed by atoms with van der Waals surface area (Å²) in [4.78, 5) is 11.9. The molecule has 1 aliphatic heterocycles. The van der Waals surface area contributed by atoms with E-state index < -0.39 is 5.54 Å². The molecule has 1 unspecified atom stereocenters. The van der Waals surface area contributed by atoms with Crippen LogP contribution in [0.25, 0.3) is 0 Å². The van der Waals surface area contributed by atoms with Crippen molar-refractivity contribution in [2.24, 2.45) is 0 Å². The van der Waals surface area contributed by atoms with Crippen molar-refractivity contribution in [3.63, 3.8) is 0 Å². The number of rotatable bonds is 2. The van der Waals surface area contributed by atoms with E-state index >= 15 is 0 Å². The number of hydrogen-bond acceptors (Lipinski definition) is 3. The molecule has 1 saturated heterocycles. The summed E-state index contributed by atoms with van der Waals surface area (Å²) in [6, 6.07) is 2.07. The van der Waals surface area contributed by atoms with Gasteiger partial charge in [-0.1, -0.05) is 0 Å². The van der Waals surface area contributed by atoms with Gasteiger partial charge in [0.25, 0.3) is 0 Å². The minimum Gasteiger partial charge on any atom is -0.337 e. The number of hydrogen-bond donors (Lipinski definition) is 1. The molecule has 0 bridgehead atoms. The van der Waals surface area contributed by atoms with Crippen molar-refractivity contribution in [1.29, 1.82) is 5.26 Å². The molecule has 0 aliphatic carbocycles. The average molecular weight is 212 g/mol. The van der Waals surface area contributed by atoms with E-state index in [1.54, 1.807) is 25.6 Å². The Morgan fingerprint density at radius 2 is 2.29 bits per heavy atom. The monoisotopic (exact) mass is 212 g/mol. The van der Waals surface area contributed by atoms with E-state index in [1.165, 1.54) is 0 Å². The minimum absolute atomic E-state index is 0.00782. The van der Waals surface area contributed by atoms with Crippen LogP contribution in [0.4, 0.5) is 0 Å². The summed E-state index contributed by atoms with van der Waals surface area (Å²) in [6.45, 7) is 5.38. The molecule has 1 amide bonds. The third kappa shape index (κ3) is 2.42. The van der Waals surface area contributed by atoms with Gasteiger partial charge < -0.3 is 5.32 Å². The van der Waals surface area contributed by atoms with Gasteiger partial charge in [0.1, 0.15) is 5.54 Å². The first kappa shape index (κ1) is 11.4. The van der Waals surface area contributed by atoms with Gasteiger partial charge in [-0.15, -0.1) is 11.8 Å². The number of carbonyl (C=O) groups excluding carboxylic acids is 1. The first-order valence-electron chi connectivity index (χ1n) is 4.77. The van der Waals surface area contributed by atoms with Crippen LogP contribution < -0.4 is 5.32 Å². The summed E-state index contributed by atoms with van der Waals surface area (Å²) >= 11 is 1.68. The maximum atomic E-state index is 11.9. The summed E-state index contributed by atoms with van der Waals surface area (Å²) in [6.07, 6.45) is 1.99. The molecule has 14 heavy (non-hydrogen) atoms. The topological polar surface area (TPSA) is 52.9 Å². The second kappa shape index (κ2) is 3.82. The fraction of sp³-hybridized carbons (Fsp3) is 0.800. The van der Waals surface area contributed by atoms with Crippen LogP contribution in [0.15, 0.2) is 0 Å². The summed E-state index contributed by atoms with van der Waals surface area (Å²) < 4.78 is -0.325. The maximum Gasteiger partial charge on any atom is 0.237 e. The van der Waals surface area contributed by atoms with Crippen molar-refractivity contribution >= 4 is 17.7 Å². The molecule has 0 saturated carbocycles. The number of thioether (sulfide) groups is 1. The van der Waals surface area contributed by atoms with E-state index in [0.717, 1.165) is 18.6 Å². The molecule has 1 atom stereocenters. The lowest BCUT2D eigenvalue weighted by atomic mass is 10.0. The van der Waals surface area contributed by atoms with Crippen LogP contribution in [0.5, 0.6) is 0 Å². The first-order valence-corrected chi connectivity index (χ1v) is 5.76. The van der Waals surface area contributed by atoms with Gasteiger partial charge in [-0.05, 0) is 39.4 Å². The molecule has 0 spiro atoms.